The van der Waals surface area contributed by atoms with Gasteiger partial charge in [0.15, 0.2) is 5.78 Å². The van der Waals surface area contributed by atoms with E-state index in [4.69, 9.17) is 0 Å². The Kier molecular flexibility index (Phi) is 3.45. The second-order valence-corrected chi connectivity index (χ2v) is 4.79. The fraction of sp³-hybridized carbons (Fsp3) is 0.385. The van der Waals surface area contributed by atoms with Crippen LogP contribution in [0.25, 0.3) is 0 Å². The highest BCUT2D eigenvalue weighted by Gasteiger charge is 2.64. The molecule has 0 heterocycles. The Hall–Kier alpha value is -2.05. The van der Waals surface area contributed by atoms with Crippen molar-refractivity contribution in [3.8, 4) is 0 Å². The SMILES string of the molecule is CC(=O)c1ccc(NC(=O)NC2(C(F)(F)F)CC2)cc1. The highest BCUT2D eigenvalue weighted by molar-refractivity contribution is 5.95. The molecule has 0 spiro atoms. The summed E-state index contributed by atoms with van der Waals surface area (Å²) < 4.78 is 38.0. The maximum atomic E-state index is 12.7. The number of anilines is 1. The van der Waals surface area contributed by atoms with Crippen molar-refractivity contribution >= 4 is 17.5 Å². The van der Waals surface area contributed by atoms with Crippen molar-refractivity contribution in [1.82, 2.24) is 5.32 Å². The molecule has 0 aromatic heterocycles. The summed E-state index contributed by atoms with van der Waals surface area (Å²) in [5.41, 5.74) is -1.30. The number of benzene rings is 1. The van der Waals surface area contributed by atoms with Crippen molar-refractivity contribution in [3.05, 3.63) is 29.8 Å². The predicted octanol–water partition coefficient (Wildman–Crippen LogP) is 3.11. The van der Waals surface area contributed by atoms with Crippen LogP contribution in [0.2, 0.25) is 0 Å². The average molecular weight is 286 g/mol. The Morgan fingerprint density at radius 2 is 1.70 bits per heavy atom. The van der Waals surface area contributed by atoms with Crippen molar-refractivity contribution < 1.29 is 22.8 Å². The molecule has 2 amide bonds. The number of ketones is 1. The zero-order chi connectivity index (χ0) is 15.0. The summed E-state index contributed by atoms with van der Waals surface area (Å²) >= 11 is 0. The Morgan fingerprint density at radius 3 is 2.10 bits per heavy atom. The molecule has 1 fully saturated rings. The minimum Gasteiger partial charge on any atom is -0.323 e. The Balaban J connectivity index is 1.97. The van der Waals surface area contributed by atoms with Crippen LogP contribution in [-0.2, 0) is 0 Å². The molecule has 0 unspecified atom stereocenters. The quantitative estimate of drug-likeness (QED) is 0.839. The van der Waals surface area contributed by atoms with E-state index < -0.39 is 17.7 Å². The highest BCUT2D eigenvalue weighted by atomic mass is 19.4. The van der Waals surface area contributed by atoms with Crippen LogP contribution in [-0.4, -0.2) is 23.5 Å². The van der Waals surface area contributed by atoms with Gasteiger partial charge < -0.3 is 10.6 Å². The first-order valence-corrected chi connectivity index (χ1v) is 6.00. The van der Waals surface area contributed by atoms with Gasteiger partial charge in [-0.1, -0.05) is 0 Å². The lowest BCUT2D eigenvalue weighted by Gasteiger charge is -2.20. The maximum absolute atomic E-state index is 12.7. The van der Waals surface area contributed by atoms with E-state index in [0.29, 0.717) is 11.3 Å². The number of nitrogens with one attached hydrogen (secondary N) is 2. The summed E-state index contributed by atoms with van der Waals surface area (Å²) in [7, 11) is 0. The molecule has 0 aliphatic heterocycles. The van der Waals surface area contributed by atoms with Crippen LogP contribution in [0.3, 0.4) is 0 Å². The third-order valence-electron chi connectivity index (χ3n) is 3.19. The van der Waals surface area contributed by atoms with Crippen LogP contribution >= 0.6 is 0 Å². The number of carbonyl (C=O) groups excluding carboxylic acids is 2. The molecule has 1 aliphatic carbocycles. The molecule has 108 valence electrons. The molecule has 0 atom stereocenters. The molecule has 2 N–H and O–H groups in total. The number of amides is 2. The molecule has 1 aliphatic rings. The summed E-state index contributed by atoms with van der Waals surface area (Å²) in [5.74, 6) is -0.130. The van der Waals surface area contributed by atoms with Gasteiger partial charge in [-0.15, -0.1) is 0 Å². The van der Waals surface area contributed by atoms with E-state index in [2.05, 4.69) is 5.32 Å². The Bertz CT molecular complexity index is 534. The van der Waals surface area contributed by atoms with Gasteiger partial charge in [-0.2, -0.15) is 13.2 Å². The number of hydrogen-bond donors (Lipinski definition) is 2. The number of rotatable bonds is 3. The first kappa shape index (κ1) is 14.4. The average Bonchev–Trinajstić information content (AvgIpc) is 3.09. The van der Waals surface area contributed by atoms with Crippen molar-refractivity contribution in [1.29, 1.82) is 0 Å². The summed E-state index contributed by atoms with van der Waals surface area (Å²) in [6.45, 7) is 1.40. The summed E-state index contributed by atoms with van der Waals surface area (Å²) in [6.07, 6.45) is -4.65. The molecule has 0 saturated heterocycles. The number of urea groups is 1. The van der Waals surface area contributed by atoms with Gasteiger partial charge in [-0.25, -0.2) is 4.79 Å². The molecule has 7 heteroatoms. The van der Waals surface area contributed by atoms with Crippen LogP contribution in [0, 0.1) is 0 Å². The predicted molar refractivity (Wildman–Crippen MR) is 66.6 cm³/mol. The lowest BCUT2D eigenvalue weighted by molar-refractivity contribution is -0.162. The van der Waals surface area contributed by atoms with Crippen LogP contribution in [0.4, 0.5) is 23.7 Å². The van der Waals surface area contributed by atoms with Gasteiger partial charge >= 0.3 is 12.2 Å². The van der Waals surface area contributed by atoms with Gasteiger partial charge in [0.2, 0.25) is 0 Å². The van der Waals surface area contributed by atoms with E-state index >= 15 is 0 Å². The van der Waals surface area contributed by atoms with E-state index in [1.165, 1.54) is 31.2 Å². The van der Waals surface area contributed by atoms with E-state index in [9.17, 15) is 22.8 Å². The van der Waals surface area contributed by atoms with Gasteiger partial charge in [0.1, 0.15) is 5.54 Å². The molecule has 2 rings (SSSR count). The van der Waals surface area contributed by atoms with Crippen molar-refractivity contribution in [2.75, 3.05) is 5.32 Å². The number of Topliss-reactive ketones (excluding diaryl/α,β-unsaturated/α-hetero) is 1. The molecular formula is C13H13F3N2O2. The first-order chi connectivity index (χ1) is 9.23. The van der Waals surface area contributed by atoms with E-state index in [1.807, 2.05) is 5.32 Å². The largest absolute Gasteiger partial charge is 0.411 e. The number of hydrogen-bond acceptors (Lipinski definition) is 2. The summed E-state index contributed by atoms with van der Waals surface area (Å²) in [4.78, 5) is 22.6. The molecule has 20 heavy (non-hydrogen) atoms. The van der Waals surface area contributed by atoms with Gasteiger partial charge in [-0.3, -0.25) is 4.79 Å². The van der Waals surface area contributed by atoms with E-state index in [0.717, 1.165) is 0 Å². The minimum atomic E-state index is -4.44. The monoisotopic (exact) mass is 286 g/mol. The van der Waals surface area contributed by atoms with Crippen LogP contribution in [0.5, 0.6) is 0 Å². The number of alkyl halides is 3. The van der Waals surface area contributed by atoms with Crippen LogP contribution in [0.1, 0.15) is 30.1 Å². The minimum absolute atomic E-state index is 0.104. The van der Waals surface area contributed by atoms with Gasteiger partial charge in [0, 0.05) is 11.3 Å². The second kappa shape index (κ2) is 4.81. The standard InChI is InChI=1S/C13H13F3N2O2/c1-8(19)9-2-4-10(5-3-9)17-11(20)18-12(6-7-12)13(14,15)16/h2-5H,6-7H2,1H3,(H2,17,18,20). The zero-order valence-electron chi connectivity index (χ0n) is 10.7. The third kappa shape index (κ3) is 2.92. The summed E-state index contributed by atoms with van der Waals surface area (Å²) in [5, 5.41) is 4.27. The smallest absolute Gasteiger partial charge is 0.323 e. The first-order valence-electron chi connectivity index (χ1n) is 6.00. The lowest BCUT2D eigenvalue weighted by atomic mass is 10.1. The number of carbonyl (C=O) groups is 2. The van der Waals surface area contributed by atoms with E-state index in [1.54, 1.807) is 0 Å². The lowest BCUT2D eigenvalue weighted by Crippen LogP contribution is -2.49. The Morgan fingerprint density at radius 1 is 1.15 bits per heavy atom. The van der Waals surface area contributed by atoms with Crippen molar-refractivity contribution in [2.24, 2.45) is 0 Å². The second-order valence-electron chi connectivity index (χ2n) is 4.79. The molecule has 4 nitrogen and oxygen atoms in total. The number of halogens is 3. The molecule has 0 bridgehead atoms. The fourth-order valence-corrected chi connectivity index (χ4v) is 1.77. The topological polar surface area (TPSA) is 58.2 Å². The van der Waals surface area contributed by atoms with Crippen LogP contribution < -0.4 is 10.6 Å². The maximum Gasteiger partial charge on any atom is 0.411 e. The van der Waals surface area contributed by atoms with Crippen molar-refractivity contribution in [3.63, 3.8) is 0 Å². The van der Waals surface area contributed by atoms with Crippen LogP contribution in [0.15, 0.2) is 24.3 Å². The summed E-state index contributed by atoms with van der Waals surface area (Å²) in [6, 6.07) is 5.01. The molecule has 1 aromatic rings. The van der Waals surface area contributed by atoms with Gasteiger partial charge in [0.05, 0.1) is 0 Å². The highest BCUT2D eigenvalue weighted by Crippen LogP contribution is 2.48. The molecule has 0 radical (unpaired) electrons. The van der Waals surface area contributed by atoms with E-state index in [-0.39, 0.29) is 18.6 Å². The fourth-order valence-electron chi connectivity index (χ4n) is 1.77. The zero-order valence-corrected chi connectivity index (χ0v) is 10.7. The molecular weight excluding hydrogens is 273 g/mol. The molecule has 1 aromatic carbocycles. The normalized spacial score (nSPS) is 16.4. The Labute approximate surface area is 113 Å². The third-order valence-corrected chi connectivity index (χ3v) is 3.19. The van der Waals surface area contributed by atoms with Gasteiger partial charge in [0.25, 0.3) is 0 Å². The van der Waals surface area contributed by atoms with Gasteiger partial charge in [-0.05, 0) is 44.0 Å². The van der Waals surface area contributed by atoms with Crippen molar-refractivity contribution in [2.45, 2.75) is 31.5 Å². The molecule has 1 saturated carbocycles.